The molecule has 1 unspecified atom stereocenters. The summed E-state index contributed by atoms with van der Waals surface area (Å²) in [5, 5.41) is 7.14. The van der Waals surface area contributed by atoms with E-state index < -0.39 is 0 Å². The molecule has 0 spiro atoms. The summed E-state index contributed by atoms with van der Waals surface area (Å²) in [4.78, 5) is 14.4. The third-order valence-corrected chi connectivity index (χ3v) is 4.61. The minimum atomic E-state index is 0.0116. The van der Waals surface area contributed by atoms with Crippen molar-refractivity contribution in [2.45, 2.75) is 31.8 Å². The van der Waals surface area contributed by atoms with Gasteiger partial charge in [-0.15, -0.1) is 0 Å². The standard InChI is InChI=1S/C16H26N4O3/c21-16(17-5-7-19-6-1-4-18-19)20-8-11-23-13-15(20)12-14-2-9-22-10-3-14/h1,4,6,14-15H,2-3,5,7-13H2,(H,17,21). The lowest BCUT2D eigenvalue weighted by Crippen LogP contribution is -2.53. The Balaban J connectivity index is 1.47. The van der Waals surface area contributed by atoms with Gasteiger partial charge in [-0.2, -0.15) is 5.10 Å². The lowest BCUT2D eigenvalue weighted by Gasteiger charge is -2.38. The quantitative estimate of drug-likeness (QED) is 0.882. The summed E-state index contributed by atoms with van der Waals surface area (Å²) >= 11 is 0. The molecule has 7 heteroatoms. The average molecular weight is 322 g/mol. The van der Waals surface area contributed by atoms with E-state index in [1.165, 1.54) is 0 Å². The van der Waals surface area contributed by atoms with Gasteiger partial charge in [0.15, 0.2) is 0 Å². The van der Waals surface area contributed by atoms with E-state index in [1.807, 2.05) is 21.8 Å². The number of rotatable bonds is 5. The van der Waals surface area contributed by atoms with Gasteiger partial charge in [0.1, 0.15) is 0 Å². The predicted molar refractivity (Wildman–Crippen MR) is 85.1 cm³/mol. The van der Waals surface area contributed by atoms with Crippen molar-refractivity contribution in [3.63, 3.8) is 0 Å². The van der Waals surface area contributed by atoms with Crippen LogP contribution in [0.3, 0.4) is 0 Å². The lowest BCUT2D eigenvalue weighted by atomic mass is 9.92. The first kappa shape index (κ1) is 16.3. The van der Waals surface area contributed by atoms with Crippen LogP contribution in [0, 0.1) is 5.92 Å². The highest BCUT2D eigenvalue weighted by Crippen LogP contribution is 2.24. The fraction of sp³-hybridized carbons (Fsp3) is 0.750. The van der Waals surface area contributed by atoms with E-state index in [1.54, 1.807) is 6.20 Å². The predicted octanol–water partition coefficient (Wildman–Crippen LogP) is 1.11. The number of hydrogen-bond donors (Lipinski definition) is 1. The largest absolute Gasteiger partial charge is 0.381 e. The molecule has 128 valence electrons. The molecule has 2 fully saturated rings. The van der Waals surface area contributed by atoms with Gasteiger partial charge in [0.25, 0.3) is 0 Å². The maximum atomic E-state index is 12.5. The highest BCUT2D eigenvalue weighted by Gasteiger charge is 2.30. The van der Waals surface area contributed by atoms with Crippen LogP contribution in [0.2, 0.25) is 0 Å². The Bertz CT molecular complexity index is 474. The van der Waals surface area contributed by atoms with Crippen LogP contribution >= 0.6 is 0 Å². The van der Waals surface area contributed by atoms with Crippen molar-refractivity contribution in [3.8, 4) is 0 Å². The van der Waals surface area contributed by atoms with Gasteiger partial charge in [-0.25, -0.2) is 4.79 Å². The van der Waals surface area contributed by atoms with Crippen LogP contribution in [0.5, 0.6) is 0 Å². The summed E-state index contributed by atoms with van der Waals surface area (Å²) in [5.41, 5.74) is 0. The zero-order valence-corrected chi connectivity index (χ0v) is 13.5. The summed E-state index contributed by atoms with van der Waals surface area (Å²) in [6, 6.07) is 2.07. The third-order valence-electron chi connectivity index (χ3n) is 4.61. The molecule has 2 aliphatic heterocycles. The molecule has 3 rings (SSSR count). The number of ether oxygens (including phenoxy) is 2. The van der Waals surface area contributed by atoms with Crippen molar-refractivity contribution in [1.82, 2.24) is 20.0 Å². The van der Waals surface area contributed by atoms with Crippen molar-refractivity contribution in [3.05, 3.63) is 18.5 Å². The molecule has 1 N–H and O–H groups in total. The van der Waals surface area contributed by atoms with Gasteiger partial charge in [0, 0.05) is 38.7 Å². The molecule has 2 aliphatic rings. The molecular formula is C16H26N4O3. The molecule has 0 saturated carbocycles. The maximum absolute atomic E-state index is 12.5. The smallest absolute Gasteiger partial charge is 0.317 e. The molecule has 23 heavy (non-hydrogen) atoms. The highest BCUT2D eigenvalue weighted by molar-refractivity contribution is 5.74. The van der Waals surface area contributed by atoms with E-state index in [-0.39, 0.29) is 12.1 Å². The first-order chi connectivity index (χ1) is 11.3. The van der Waals surface area contributed by atoms with Gasteiger partial charge in [-0.1, -0.05) is 0 Å². The van der Waals surface area contributed by atoms with E-state index in [9.17, 15) is 4.79 Å². The number of nitrogens with one attached hydrogen (secondary N) is 1. The van der Waals surface area contributed by atoms with E-state index in [0.29, 0.717) is 38.8 Å². The van der Waals surface area contributed by atoms with E-state index in [4.69, 9.17) is 9.47 Å². The van der Waals surface area contributed by atoms with Gasteiger partial charge >= 0.3 is 6.03 Å². The molecule has 0 radical (unpaired) electrons. The van der Waals surface area contributed by atoms with Crippen molar-refractivity contribution < 1.29 is 14.3 Å². The van der Waals surface area contributed by atoms with Crippen LogP contribution in [0.15, 0.2) is 18.5 Å². The number of urea groups is 1. The monoisotopic (exact) mass is 322 g/mol. The topological polar surface area (TPSA) is 68.6 Å². The fourth-order valence-electron chi connectivity index (χ4n) is 3.30. The summed E-state index contributed by atoms with van der Waals surface area (Å²) in [7, 11) is 0. The zero-order valence-electron chi connectivity index (χ0n) is 13.5. The Labute approximate surface area is 136 Å². The maximum Gasteiger partial charge on any atom is 0.317 e. The Morgan fingerprint density at radius 1 is 1.26 bits per heavy atom. The lowest BCUT2D eigenvalue weighted by molar-refractivity contribution is -0.00744. The second kappa shape index (κ2) is 8.31. The van der Waals surface area contributed by atoms with Crippen LogP contribution in [0.25, 0.3) is 0 Å². The Kier molecular flexibility index (Phi) is 5.87. The molecule has 1 aromatic rings. The molecule has 0 aromatic carbocycles. The molecule has 0 bridgehead atoms. The van der Waals surface area contributed by atoms with Crippen molar-refractivity contribution in [1.29, 1.82) is 0 Å². The number of carbonyl (C=O) groups is 1. The molecule has 2 saturated heterocycles. The van der Waals surface area contributed by atoms with E-state index in [2.05, 4.69) is 10.4 Å². The SMILES string of the molecule is O=C(NCCn1cccn1)N1CCOCC1CC1CCOCC1. The molecule has 1 atom stereocenters. The Morgan fingerprint density at radius 3 is 2.91 bits per heavy atom. The number of morpholine rings is 1. The number of carbonyl (C=O) groups excluding carboxylic acids is 1. The van der Waals surface area contributed by atoms with Crippen LogP contribution in [0.4, 0.5) is 4.79 Å². The second-order valence-corrected chi connectivity index (χ2v) is 6.21. The van der Waals surface area contributed by atoms with E-state index in [0.717, 1.165) is 32.5 Å². The molecule has 3 heterocycles. The van der Waals surface area contributed by atoms with E-state index >= 15 is 0 Å². The van der Waals surface area contributed by atoms with Gasteiger partial charge < -0.3 is 19.7 Å². The van der Waals surface area contributed by atoms with Crippen molar-refractivity contribution in [2.75, 3.05) is 39.5 Å². The first-order valence-corrected chi connectivity index (χ1v) is 8.50. The minimum Gasteiger partial charge on any atom is -0.381 e. The van der Waals surface area contributed by atoms with Gasteiger partial charge in [-0.05, 0) is 31.2 Å². The molecule has 7 nitrogen and oxygen atoms in total. The normalized spacial score (nSPS) is 23.0. The number of hydrogen-bond acceptors (Lipinski definition) is 4. The molecule has 1 aromatic heterocycles. The van der Waals surface area contributed by atoms with Gasteiger partial charge in [-0.3, -0.25) is 4.68 Å². The fourth-order valence-corrected chi connectivity index (χ4v) is 3.30. The summed E-state index contributed by atoms with van der Waals surface area (Å²) in [6.45, 7) is 4.89. The zero-order chi connectivity index (χ0) is 15.9. The Morgan fingerprint density at radius 2 is 2.13 bits per heavy atom. The van der Waals surface area contributed by atoms with Crippen LogP contribution in [-0.4, -0.2) is 66.3 Å². The van der Waals surface area contributed by atoms with Gasteiger partial charge in [0.2, 0.25) is 0 Å². The molecule has 0 aliphatic carbocycles. The Hall–Kier alpha value is -1.60. The van der Waals surface area contributed by atoms with Crippen LogP contribution < -0.4 is 5.32 Å². The minimum absolute atomic E-state index is 0.0116. The molecule has 2 amide bonds. The van der Waals surface area contributed by atoms with Crippen LogP contribution in [0.1, 0.15) is 19.3 Å². The molecular weight excluding hydrogens is 296 g/mol. The summed E-state index contributed by atoms with van der Waals surface area (Å²) < 4.78 is 12.8. The number of aromatic nitrogens is 2. The van der Waals surface area contributed by atoms with Gasteiger partial charge in [0.05, 0.1) is 25.8 Å². The third kappa shape index (κ3) is 4.68. The number of amides is 2. The van der Waals surface area contributed by atoms with Crippen LogP contribution in [-0.2, 0) is 16.0 Å². The highest BCUT2D eigenvalue weighted by atomic mass is 16.5. The summed E-state index contributed by atoms with van der Waals surface area (Å²) in [6.07, 6.45) is 6.83. The van der Waals surface area contributed by atoms with Crippen molar-refractivity contribution in [2.24, 2.45) is 5.92 Å². The first-order valence-electron chi connectivity index (χ1n) is 8.50. The number of nitrogens with zero attached hydrogens (tertiary/aromatic N) is 3. The summed E-state index contributed by atoms with van der Waals surface area (Å²) in [5.74, 6) is 0.634. The second-order valence-electron chi connectivity index (χ2n) is 6.21. The average Bonchev–Trinajstić information content (AvgIpc) is 3.09. The van der Waals surface area contributed by atoms with Crippen molar-refractivity contribution >= 4 is 6.03 Å².